The Bertz CT molecular complexity index is 775. The highest BCUT2D eigenvalue weighted by Crippen LogP contribution is 2.30. The van der Waals surface area contributed by atoms with E-state index >= 15 is 0 Å². The first-order valence-corrected chi connectivity index (χ1v) is 9.61. The number of benzene rings is 2. The topological polar surface area (TPSA) is 46.5 Å². The minimum atomic E-state index is -0.358. The van der Waals surface area contributed by atoms with Crippen LogP contribution in [0.15, 0.2) is 54.6 Å². The molecule has 0 heterocycles. The van der Waals surface area contributed by atoms with E-state index in [1.165, 1.54) is 5.56 Å². The molecule has 27 heavy (non-hydrogen) atoms. The molecule has 0 aromatic heterocycles. The maximum absolute atomic E-state index is 11.8. The standard InChI is InChI=1S/C24H30O3/c1-5-6-18(4)23-12-11-21(15-22(23)16-27-24(26)17(2)3)20-9-7-19(8-10-20)13-14-25/h7-12,15,18,25H,2,5-6,13-14,16H2,1,3-4H3. The van der Waals surface area contributed by atoms with Gasteiger partial charge in [0.2, 0.25) is 0 Å². The molecule has 0 aliphatic rings. The van der Waals surface area contributed by atoms with Gasteiger partial charge < -0.3 is 9.84 Å². The summed E-state index contributed by atoms with van der Waals surface area (Å²) in [7, 11) is 0. The lowest BCUT2D eigenvalue weighted by Crippen LogP contribution is -2.08. The molecule has 2 aromatic rings. The molecular formula is C24H30O3. The van der Waals surface area contributed by atoms with Crippen molar-refractivity contribution in [2.45, 2.75) is 52.6 Å². The van der Waals surface area contributed by atoms with Crippen molar-refractivity contribution in [3.8, 4) is 11.1 Å². The van der Waals surface area contributed by atoms with Crippen molar-refractivity contribution in [2.75, 3.05) is 6.61 Å². The summed E-state index contributed by atoms with van der Waals surface area (Å²) in [6, 6.07) is 14.6. The Morgan fingerprint density at radius 3 is 2.41 bits per heavy atom. The molecule has 2 rings (SSSR count). The Hall–Kier alpha value is -2.39. The van der Waals surface area contributed by atoms with Crippen LogP contribution in [-0.2, 0) is 22.6 Å². The van der Waals surface area contributed by atoms with Gasteiger partial charge in [-0.05, 0) is 59.6 Å². The highest BCUT2D eigenvalue weighted by atomic mass is 16.5. The van der Waals surface area contributed by atoms with Gasteiger partial charge >= 0.3 is 5.97 Å². The molecule has 0 fully saturated rings. The second kappa shape index (κ2) is 10.1. The van der Waals surface area contributed by atoms with Crippen LogP contribution in [0.2, 0.25) is 0 Å². The van der Waals surface area contributed by atoms with E-state index in [4.69, 9.17) is 9.84 Å². The first-order chi connectivity index (χ1) is 13.0. The lowest BCUT2D eigenvalue weighted by atomic mass is 9.90. The smallest absolute Gasteiger partial charge is 0.333 e. The number of esters is 1. The van der Waals surface area contributed by atoms with Gasteiger partial charge in [-0.25, -0.2) is 4.79 Å². The fourth-order valence-corrected chi connectivity index (χ4v) is 3.24. The molecule has 3 heteroatoms. The minimum absolute atomic E-state index is 0.154. The maximum Gasteiger partial charge on any atom is 0.333 e. The van der Waals surface area contributed by atoms with Crippen LogP contribution in [0.25, 0.3) is 11.1 Å². The highest BCUT2D eigenvalue weighted by molar-refractivity contribution is 5.86. The van der Waals surface area contributed by atoms with Gasteiger partial charge in [0, 0.05) is 12.2 Å². The van der Waals surface area contributed by atoms with Gasteiger partial charge in [-0.2, -0.15) is 0 Å². The number of carbonyl (C=O) groups is 1. The van der Waals surface area contributed by atoms with Crippen LogP contribution in [0.4, 0.5) is 0 Å². The zero-order valence-electron chi connectivity index (χ0n) is 16.6. The number of aliphatic hydroxyl groups is 1. The van der Waals surface area contributed by atoms with Gasteiger partial charge in [-0.3, -0.25) is 0 Å². The van der Waals surface area contributed by atoms with E-state index in [1.807, 2.05) is 12.1 Å². The van der Waals surface area contributed by atoms with E-state index < -0.39 is 0 Å². The van der Waals surface area contributed by atoms with Crippen molar-refractivity contribution in [2.24, 2.45) is 0 Å². The first-order valence-electron chi connectivity index (χ1n) is 9.61. The van der Waals surface area contributed by atoms with E-state index in [1.54, 1.807) is 6.92 Å². The Kier molecular flexibility index (Phi) is 7.81. The predicted octanol–water partition coefficient (Wildman–Crippen LogP) is 5.41. The molecule has 0 amide bonds. The Labute approximate surface area is 162 Å². The molecule has 0 saturated heterocycles. The molecule has 0 spiro atoms. The van der Waals surface area contributed by atoms with E-state index in [9.17, 15) is 4.79 Å². The van der Waals surface area contributed by atoms with Crippen molar-refractivity contribution < 1.29 is 14.6 Å². The number of ether oxygens (including phenoxy) is 1. The summed E-state index contributed by atoms with van der Waals surface area (Å²) in [5.41, 5.74) is 6.01. The third-order valence-corrected chi connectivity index (χ3v) is 4.79. The summed E-state index contributed by atoms with van der Waals surface area (Å²) in [5.74, 6) is 0.0531. The molecule has 144 valence electrons. The lowest BCUT2D eigenvalue weighted by molar-refractivity contribution is -0.140. The van der Waals surface area contributed by atoms with Crippen LogP contribution < -0.4 is 0 Å². The largest absolute Gasteiger partial charge is 0.457 e. The van der Waals surface area contributed by atoms with E-state index in [0.717, 1.165) is 35.1 Å². The summed E-state index contributed by atoms with van der Waals surface area (Å²) in [6.45, 7) is 10.1. The zero-order valence-corrected chi connectivity index (χ0v) is 16.6. The normalized spacial score (nSPS) is 11.9. The van der Waals surface area contributed by atoms with Gasteiger partial charge in [0.1, 0.15) is 6.61 Å². The second-order valence-corrected chi connectivity index (χ2v) is 7.13. The molecular weight excluding hydrogens is 336 g/mol. The van der Waals surface area contributed by atoms with Crippen LogP contribution >= 0.6 is 0 Å². The molecule has 0 saturated carbocycles. The van der Waals surface area contributed by atoms with E-state index in [2.05, 4.69) is 50.8 Å². The number of aliphatic hydroxyl groups excluding tert-OH is 1. The summed E-state index contributed by atoms with van der Waals surface area (Å²) in [4.78, 5) is 11.8. The van der Waals surface area contributed by atoms with Crippen molar-refractivity contribution in [3.05, 3.63) is 71.3 Å². The van der Waals surface area contributed by atoms with Crippen molar-refractivity contribution >= 4 is 5.97 Å². The van der Waals surface area contributed by atoms with Crippen molar-refractivity contribution in [1.82, 2.24) is 0 Å². The van der Waals surface area contributed by atoms with Crippen LogP contribution in [-0.4, -0.2) is 17.7 Å². The Morgan fingerprint density at radius 2 is 1.81 bits per heavy atom. The molecule has 2 aromatic carbocycles. The third kappa shape index (κ3) is 5.80. The number of rotatable bonds is 9. The fourth-order valence-electron chi connectivity index (χ4n) is 3.24. The van der Waals surface area contributed by atoms with Crippen molar-refractivity contribution in [3.63, 3.8) is 0 Å². The molecule has 1 atom stereocenters. The van der Waals surface area contributed by atoms with Gasteiger partial charge in [-0.1, -0.05) is 63.2 Å². The third-order valence-electron chi connectivity index (χ3n) is 4.79. The summed E-state index contributed by atoms with van der Waals surface area (Å²) < 4.78 is 5.43. The quantitative estimate of drug-likeness (QED) is 0.477. The van der Waals surface area contributed by atoms with E-state index in [-0.39, 0.29) is 19.2 Å². The number of carbonyl (C=O) groups excluding carboxylic acids is 1. The lowest BCUT2D eigenvalue weighted by Gasteiger charge is -2.18. The zero-order chi connectivity index (χ0) is 19.8. The van der Waals surface area contributed by atoms with Crippen LogP contribution in [0.3, 0.4) is 0 Å². The maximum atomic E-state index is 11.8. The molecule has 0 radical (unpaired) electrons. The Balaban J connectivity index is 2.32. The van der Waals surface area contributed by atoms with E-state index in [0.29, 0.717) is 17.9 Å². The molecule has 3 nitrogen and oxygen atoms in total. The predicted molar refractivity (Wildman–Crippen MR) is 111 cm³/mol. The first kappa shape index (κ1) is 20.9. The summed E-state index contributed by atoms with van der Waals surface area (Å²) in [6.07, 6.45) is 2.87. The molecule has 0 aliphatic heterocycles. The van der Waals surface area contributed by atoms with Gasteiger partial charge in [0.15, 0.2) is 0 Å². The Morgan fingerprint density at radius 1 is 1.15 bits per heavy atom. The second-order valence-electron chi connectivity index (χ2n) is 7.13. The SMILES string of the molecule is C=C(C)C(=O)OCc1cc(-c2ccc(CCO)cc2)ccc1C(C)CCC. The number of hydrogen-bond acceptors (Lipinski definition) is 3. The van der Waals surface area contributed by atoms with Gasteiger partial charge in [0.05, 0.1) is 0 Å². The fraction of sp³-hybridized carbons (Fsp3) is 0.375. The molecule has 1 N–H and O–H groups in total. The van der Waals surface area contributed by atoms with Crippen molar-refractivity contribution in [1.29, 1.82) is 0 Å². The van der Waals surface area contributed by atoms with Crippen LogP contribution in [0.5, 0.6) is 0 Å². The van der Waals surface area contributed by atoms with Gasteiger partial charge in [0.25, 0.3) is 0 Å². The molecule has 0 aliphatic carbocycles. The minimum Gasteiger partial charge on any atom is -0.457 e. The summed E-state index contributed by atoms with van der Waals surface area (Å²) >= 11 is 0. The van der Waals surface area contributed by atoms with Crippen LogP contribution in [0.1, 0.15) is 56.2 Å². The number of hydrogen-bond donors (Lipinski definition) is 1. The van der Waals surface area contributed by atoms with Gasteiger partial charge in [-0.15, -0.1) is 0 Å². The average Bonchev–Trinajstić information content (AvgIpc) is 2.66. The highest BCUT2D eigenvalue weighted by Gasteiger charge is 2.14. The molecule has 1 unspecified atom stereocenters. The van der Waals surface area contributed by atoms with Crippen LogP contribution in [0, 0.1) is 0 Å². The molecule has 0 bridgehead atoms. The monoisotopic (exact) mass is 366 g/mol. The average molecular weight is 367 g/mol. The summed E-state index contributed by atoms with van der Waals surface area (Å²) in [5, 5.41) is 9.06.